The van der Waals surface area contributed by atoms with Gasteiger partial charge in [0.1, 0.15) is 0 Å². The van der Waals surface area contributed by atoms with Crippen molar-refractivity contribution < 1.29 is 24.5 Å². The molecule has 0 aliphatic heterocycles. The lowest BCUT2D eigenvalue weighted by molar-refractivity contribution is -0.134. The van der Waals surface area contributed by atoms with E-state index in [0.29, 0.717) is 18.8 Å². The van der Waals surface area contributed by atoms with Crippen LogP contribution in [0.1, 0.15) is 56.0 Å². The largest absolute Gasteiger partial charge is 0.478 e. The lowest BCUT2D eigenvalue weighted by atomic mass is 10.1. The normalized spacial score (nSPS) is 13.2. The molecule has 0 amide bonds. The van der Waals surface area contributed by atoms with Gasteiger partial charge in [0.25, 0.3) is 0 Å². The van der Waals surface area contributed by atoms with Crippen LogP contribution in [0.5, 0.6) is 0 Å². The van der Waals surface area contributed by atoms with Crippen LogP contribution in [0.4, 0.5) is 0 Å². The molecule has 1 fully saturated rings. The summed E-state index contributed by atoms with van der Waals surface area (Å²) in [7, 11) is 0. The maximum absolute atomic E-state index is 9.55. The third kappa shape index (κ3) is 9.54. The number of fused-ring (bicyclic) bond motifs is 2. The number of carboxylic acids is 2. The number of unbranched alkanes of at least 4 members (excludes halogenated alkanes) is 1. The van der Waals surface area contributed by atoms with Crippen molar-refractivity contribution >= 4 is 23.0 Å². The molecule has 0 spiro atoms. The van der Waals surface area contributed by atoms with E-state index < -0.39 is 11.9 Å². The highest BCUT2D eigenvalue weighted by atomic mass is 16.5. The summed E-state index contributed by atoms with van der Waals surface area (Å²) in [6.07, 6.45) is 12.3. The molecule has 5 rings (SSSR count). The number of aliphatic carboxylic acids is 2. The van der Waals surface area contributed by atoms with Gasteiger partial charge in [-0.2, -0.15) is 10.2 Å². The molecule has 0 radical (unpaired) electrons. The summed E-state index contributed by atoms with van der Waals surface area (Å²) in [6.45, 7) is 7.33. The summed E-state index contributed by atoms with van der Waals surface area (Å²) >= 11 is 0. The van der Waals surface area contributed by atoms with Gasteiger partial charge in [-0.1, -0.05) is 19.1 Å². The van der Waals surface area contributed by atoms with E-state index in [-0.39, 0.29) is 0 Å². The van der Waals surface area contributed by atoms with Crippen molar-refractivity contribution in [1.29, 1.82) is 0 Å². The Bertz CT molecular complexity index is 1410. The Kier molecular flexibility index (Phi) is 11.0. The Labute approximate surface area is 239 Å². The van der Waals surface area contributed by atoms with E-state index >= 15 is 0 Å². The number of carbonyl (C=O) groups is 2. The first-order valence-electron chi connectivity index (χ1n) is 14.3. The van der Waals surface area contributed by atoms with Gasteiger partial charge < -0.3 is 19.8 Å². The minimum absolute atomic E-state index is 0.547. The summed E-state index contributed by atoms with van der Waals surface area (Å²) < 4.78 is 10.00. The smallest absolute Gasteiger partial charge is 0.328 e. The maximum Gasteiger partial charge on any atom is 0.328 e. The fourth-order valence-corrected chi connectivity index (χ4v) is 4.79. The molecule has 1 aliphatic carbocycles. The number of aromatic nitrogens is 4. The molecular formula is C31H39N5O5. The molecule has 0 bridgehead atoms. The number of pyridine rings is 2. The van der Waals surface area contributed by atoms with E-state index in [1.54, 1.807) is 0 Å². The van der Waals surface area contributed by atoms with E-state index in [9.17, 15) is 9.59 Å². The molecule has 1 saturated carbocycles. The van der Waals surface area contributed by atoms with Crippen LogP contribution < -0.4 is 0 Å². The highest BCUT2D eigenvalue weighted by Gasteiger charge is 2.23. The SMILES string of the molecule is CCCN(CCCCOCc1nn2ccccc2c1Cc1cc2ccccn2n1)CC1CC1.O=C(O)C=CC(=O)O. The van der Waals surface area contributed by atoms with E-state index in [2.05, 4.69) is 36.1 Å². The molecular weight excluding hydrogens is 522 g/mol. The van der Waals surface area contributed by atoms with Crippen molar-refractivity contribution in [1.82, 2.24) is 24.1 Å². The van der Waals surface area contributed by atoms with Gasteiger partial charge in [0.05, 0.1) is 29.0 Å². The fraction of sp³-hybridized carbons (Fsp3) is 0.419. The minimum atomic E-state index is -1.26. The van der Waals surface area contributed by atoms with Gasteiger partial charge in [0.15, 0.2) is 0 Å². The number of rotatable bonds is 15. The molecule has 4 heterocycles. The second-order valence-electron chi connectivity index (χ2n) is 10.4. The predicted molar refractivity (Wildman–Crippen MR) is 156 cm³/mol. The Balaban J connectivity index is 0.000000426. The molecule has 10 heteroatoms. The molecule has 41 heavy (non-hydrogen) atoms. The molecule has 4 aromatic rings. The summed E-state index contributed by atoms with van der Waals surface area (Å²) in [5.74, 6) is -1.55. The van der Waals surface area contributed by atoms with Gasteiger partial charge in [-0.05, 0) is 81.4 Å². The van der Waals surface area contributed by atoms with Gasteiger partial charge >= 0.3 is 11.9 Å². The van der Waals surface area contributed by atoms with E-state index in [0.717, 1.165) is 47.8 Å². The molecule has 0 atom stereocenters. The van der Waals surface area contributed by atoms with Crippen LogP contribution in [0.15, 0.2) is 67.0 Å². The Morgan fingerprint density at radius 2 is 1.73 bits per heavy atom. The van der Waals surface area contributed by atoms with Crippen LogP contribution in [0.2, 0.25) is 0 Å². The molecule has 0 saturated heterocycles. The molecule has 1 aliphatic rings. The van der Waals surface area contributed by atoms with Crippen molar-refractivity contribution in [2.24, 2.45) is 5.92 Å². The van der Waals surface area contributed by atoms with Crippen molar-refractivity contribution in [3.63, 3.8) is 0 Å². The lowest BCUT2D eigenvalue weighted by Crippen LogP contribution is -2.28. The summed E-state index contributed by atoms with van der Waals surface area (Å²) in [5, 5.41) is 25.2. The second-order valence-corrected chi connectivity index (χ2v) is 10.4. The molecule has 2 N–H and O–H groups in total. The van der Waals surface area contributed by atoms with Crippen molar-refractivity contribution in [3.8, 4) is 0 Å². The quantitative estimate of drug-likeness (QED) is 0.158. The Morgan fingerprint density at radius 3 is 2.41 bits per heavy atom. The molecule has 0 aromatic carbocycles. The fourth-order valence-electron chi connectivity index (χ4n) is 4.79. The number of hydrogen-bond donors (Lipinski definition) is 2. The molecule has 10 nitrogen and oxygen atoms in total. The summed E-state index contributed by atoms with van der Waals surface area (Å²) in [5.41, 5.74) is 5.51. The molecule has 218 valence electrons. The topological polar surface area (TPSA) is 122 Å². The maximum atomic E-state index is 9.55. The minimum Gasteiger partial charge on any atom is -0.478 e. The first-order valence-corrected chi connectivity index (χ1v) is 14.3. The first kappa shape index (κ1) is 30.0. The van der Waals surface area contributed by atoms with E-state index in [1.165, 1.54) is 50.9 Å². The van der Waals surface area contributed by atoms with Crippen LogP contribution in [-0.2, 0) is 27.4 Å². The average Bonchev–Trinajstić information content (AvgIpc) is 3.57. The predicted octanol–water partition coefficient (Wildman–Crippen LogP) is 4.70. The first-order chi connectivity index (χ1) is 19.9. The molecule has 4 aromatic heterocycles. The lowest BCUT2D eigenvalue weighted by Gasteiger charge is -2.21. The number of hydrogen-bond acceptors (Lipinski definition) is 6. The third-order valence-corrected chi connectivity index (χ3v) is 6.88. The summed E-state index contributed by atoms with van der Waals surface area (Å²) in [4.78, 5) is 21.8. The number of nitrogens with zero attached hydrogens (tertiary/aromatic N) is 5. The van der Waals surface area contributed by atoms with E-state index in [1.807, 2.05) is 39.6 Å². The van der Waals surface area contributed by atoms with Crippen molar-refractivity contribution in [3.05, 3.63) is 84.0 Å². The molecule has 0 unspecified atom stereocenters. The number of carboxylic acid groups (broad SMARTS) is 2. The zero-order valence-electron chi connectivity index (χ0n) is 23.6. The van der Waals surface area contributed by atoms with Crippen LogP contribution in [0, 0.1) is 5.92 Å². The highest BCUT2D eigenvalue weighted by molar-refractivity contribution is 5.89. The van der Waals surface area contributed by atoms with Crippen LogP contribution in [0.3, 0.4) is 0 Å². The summed E-state index contributed by atoms with van der Waals surface area (Å²) in [6, 6.07) is 14.5. The third-order valence-electron chi connectivity index (χ3n) is 6.88. The van der Waals surface area contributed by atoms with Gasteiger partial charge in [0, 0.05) is 49.7 Å². The Hall–Kier alpha value is -4.02. The second kappa shape index (κ2) is 15.1. The van der Waals surface area contributed by atoms with Gasteiger partial charge in [-0.3, -0.25) is 0 Å². The zero-order valence-corrected chi connectivity index (χ0v) is 23.6. The van der Waals surface area contributed by atoms with E-state index in [4.69, 9.17) is 25.1 Å². The van der Waals surface area contributed by atoms with Crippen LogP contribution >= 0.6 is 0 Å². The average molecular weight is 562 g/mol. The Morgan fingerprint density at radius 1 is 1.00 bits per heavy atom. The van der Waals surface area contributed by atoms with Crippen molar-refractivity contribution in [2.75, 3.05) is 26.2 Å². The van der Waals surface area contributed by atoms with Gasteiger partial charge in [-0.15, -0.1) is 0 Å². The van der Waals surface area contributed by atoms with Crippen LogP contribution in [-0.4, -0.2) is 72.5 Å². The van der Waals surface area contributed by atoms with Gasteiger partial charge in [-0.25, -0.2) is 18.6 Å². The van der Waals surface area contributed by atoms with Gasteiger partial charge in [0.2, 0.25) is 0 Å². The number of ether oxygens (including phenoxy) is 1. The highest BCUT2D eigenvalue weighted by Crippen LogP contribution is 2.29. The zero-order chi connectivity index (χ0) is 29.0. The standard InChI is InChI=1S/C27H35N5O.C4H4O4/c1-2-13-30(20-22-11-12-22)14-7-8-17-33-21-26-25(27-10-4-6-16-32(27)29-26)19-23-18-24-9-3-5-15-31(24)28-23;5-3(6)1-2-4(7)8/h3-6,9-10,15-16,18,22H,2,7-8,11-14,17,19-21H2,1H3;1-2H,(H,5,6)(H,7,8). The van der Waals surface area contributed by atoms with Crippen molar-refractivity contribution in [2.45, 2.75) is 52.1 Å². The monoisotopic (exact) mass is 561 g/mol. The van der Waals surface area contributed by atoms with Crippen LogP contribution in [0.25, 0.3) is 11.0 Å².